The summed E-state index contributed by atoms with van der Waals surface area (Å²) in [4.78, 5) is 12.4. The molecule has 0 fully saturated rings. The minimum Gasteiger partial charge on any atom is -0.497 e. The minimum atomic E-state index is -0.0156. The number of hydrogen-bond acceptors (Lipinski definition) is 5. The summed E-state index contributed by atoms with van der Waals surface area (Å²) < 4.78 is 7.31. The fourth-order valence-electron chi connectivity index (χ4n) is 3.33. The summed E-state index contributed by atoms with van der Waals surface area (Å²) in [5.74, 6) is 1.94. The molecule has 7 heteroatoms. The predicted molar refractivity (Wildman–Crippen MR) is 121 cm³/mol. The van der Waals surface area contributed by atoms with Gasteiger partial charge in [-0.1, -0.05) is 47.7 Å². The summed E-state index contributed by atoms with van der Waals surface area (Å²) in [5, 5.41) is 12.5. The molecule has 158 valence electrons. The summed E-state index contributed by atoms with van der Waals surface area (Å²) in [6, 6.07) is 16.1. The van der Waals surface area contributed by atoms with E-state index in [-0.39, 0.29) is 11.9 Å². The Morgan fingerprint density at radius 3 is 2.73 bits per heavy atom. The van der Waals surface area contributed by atoms with Gasteiger partial charge in [-0.2, -0.15) is 0 Å². The van der Waals surface area contributed by atoms with Crippen molar-refractivity contribution in [3.8, 4) is 17.1 Å². The first-order valence-corrected chi connectivity index (χ1v) is 11.0. The lowest BCUT2D eigenvalue weighted by molar-refractivity contribution is -0.119. The Hall–Kier alpha value is -2.80. The third-order valence-corrected chi connectivity index (χ3v) is 5.69. The standard InChI is InChI=1S/C23H28N4O2S/c1-5-27-22(19-10-6-8-16(2)12-19)25-26-23(27)30-15-21(28)24-17(3)13-18-9-7-11-20(14-18)29-4/h6-12,14,17H,5,13,15H2,1-4H3,(H,24,28). The van der Waals surface area contributed by atoms with Crippen molar-refractivity contribution in [2.75, 3.05) is 12.9 Å². The zero-order valence-corrected chi connectivity index (χ0v) is 18.7. The van der Waals surface area contributed by atoms with Gasteiger partial charge in [0.05, 0.1) is 12.9 Å². The van der Waals surface area contributed by atoms with E-state index >= 15 is 0 Å². The zero-order chi connectivity index (χ0) is 21.5. The molecule has 1 aromatic heterocycles. The van der Waals surface area contributed by atoms with Crippen LogP contribution >= 0.6 is 11.8 Å². The Morgan fingerprint density at radius 2 is 2.00 bits per heavy atom. The normalized spacial score (nSPS) is 11.9. The third kappa shape index (κ3) is 5.63. The van der Waals surface area contributed by atoms with E-state index in [0.717, 1.165) is 40.8 Å². The van der Waals surface area contributed by atoms with Crippen LogP contribution in [0.3, 0.4) is 0 Å². The van der Waals surface area contributed by atoms with Gasteiger partial charge >= 0.3 is 0 Å². The van der Waals surface area contributed by atoms with Crippen LogP contribution in [0.5, 0.6) is 5.75 Å². The van der Waals surface area contributed by atoms with Crippen LogP contribution in [0.1, 0.15) is 25.0 Å². The molecular formula is C23H28N4O2S. The van der Waals surface area contributed by atoms with E-state index in [4.69, 9.17) is 4.74 Å². The molecular weight excluding hydrogens is 396 g/mol. The van der Waals surface area contributed by atoms with Crippen molar-refractivity contribution in [3.63, 3.8) is 0 Å². The molecule has 0 bridgehead atoms. The van der Waals surface area contributed by atoms with Crippen molar-refractivity contribution >= 4 is 17.7 Å². The summed E-state index contributed by atoms with van der Waals surface area (Å²) in [6.07, 6.45) is 0.746. The van der Waals surface area contributed by atoms with Crippen molar-refractivity contribution in [2.24, 2.45) is 0 Å². The molecule has 1 atom stereocenters. The van der Waals surface area contributed by atoms with Gasteiger partial charge in [0.2, 0.25) is 5.91 Å². The number of aryl methyl sites for hydroxylation is 1. The average molecular weight is 425 g/mol. The number of carbonyl (C=O) groups is 1. The summed E-state index contributed by atoms with van der Waals surface area (Å²) in [6.45, 7) is 6.87. The zero-order valence-electron chi connectivity index (χ0n) is 17.9. The molecule has 0 aliphatic carbocycles. The van der Waals surface area contributed by atoms with Gasteiger partial charge < -0.3 is 14.6 Å². The number of benzene rings is 2. The lowest BCUT2D eigenvalue weighted by Gasteiger charge is -2.14. The van der Waals surface area contributed by atoms with Crippen molar-refractivity contribution in [1.29, 1.82) is 0 Å². The maximum Gasteiger partial charge on any atom is 0.230 e. The van der Waals surface area contributed by atoms with Crippen LogP contribution in [0.15, 0.2) is 53.7 Å². The molecule has 6 nitrogen and oxygen atoms in total. The molecule has 3 aromatic rings. The highest BCUT2D eigenvalue weighted by atomic mass is 32.2. The largest absolute Gasteiger partial charge is 0.497 e. The van der Waals surface area contributed by atoms with E-state index in [2.05, 4.69) is 41.5 Å². The first kappa shape index (κ1) is 21.9. The maximum absolute atomic E-state index is 12.4. The number of nitrogens with one attached hydrogen (secondary N) is 1. The highest BCUT2D eigenvalue weighted by molar-refractivity contribution is 7.99. The molecule has 30 heavy (non-hydrogen) atoms. The van der Waals surface area contributed by atoms with Crippen molar-refractivity contribution in [2.45, 2.75) is 44.9 Å². The summed E-state index contributed by atoms with van der Waals surface area (Å²) >= 11 is 1.41. The van der Waals surface area contributed by atoms with E-state index < -0.39 is 0 Å². The van der Waals surface area contributed by atoms with E-state index in [1.54, 1.807) is 7.11 Å². The second kappa shape index (κ2) is 10.3. The molecule has 3 rings (SSSR count). The Labute approximate surface area is 182 Å². The fourth-order valence-corrected chi connectivity index (χ4v) is 4.14. The molecule has 1 unspecified atom stereocenters. The summed E-state index contributed by atoms with van der Waals surface area (Å²) in [7, 11) is 1.65. The van der Waals surface area contributed by atoms with Crippen molar-refractivity contribution in [3.05, 3.63) is 59.7 Å². The number of hydrogen-bond donors (Lipinski definition) is 1. The first-order chi connectivity index (χ1) is 14.5. The molecule has 2 aromatic carbocycles. The number of amides is 1. The van der Waals surface area contributed by atoms with Gasteiger partial charge in [-0.25, -0.2) is 0 Å². The van der Waals surface area contributed by atoms with Crippen LogP contribution in [0.25, 0.3) is 11.4 Å². The lowest BCUT2D eigenvalue weighted by atomic mass is 10.1. The molecule has 0 radical (unpaired) electrons. The smallest absolute Gasteiger partial charge is 0.230 e. The molecule has 0 aliphatic rings. The SMILES string of the molecule is CCn1c(SCC(=O)NC(C)Cc2cccc(OC)c2)nnc1-c1cccc(C)c1. The molecule has 1 heterocycles. The fraction of sp³-hybridized carbons (Fsp3) is 0.348. The molecule has 1 amide bonds. The number of thioether (sulfide) groups is 1. The van der Waals surface area contributed by atoms with E-state index in [1.165, 1.54) is 17.3 Å². The summed E-state index contributed by atoms with van der Waals surface area (Å²) in [5.41, 5.74) is 3.34. The molecule has 0 spiro atoms. The van der Waals surface area contributed by atoms with E-state index in [0.29, 0.717) is 5.75 Å². The number of carbonyl (C=O) groups excluding carboxylic acids is 1. The second-order valence-corrected chi connectivity index (χ2v) is 8.18. The molecule has 0 saturated heterocycles. The number of nitrogens with zero attached hydrogens (tertiary/aromatic N) is 3. The Balaban J connectivity index is 1.58. The monoisotopic (exact) mass is 424 g/mol. The van der Waals surface area contributed by atoms with Gasteiger partial charge in [-0.3, -0.25) is 4.79 Å². The van der Waals surface area contributed by atoms with E-state index in [9.17, 15) is 4.79 Å². The highest BCUT2D eigenvalue weighted by Crippen LogP contribution is 2.24. The predicted octanol–water partition coefficient (Wildman–Crippen LogP) is 4.12. The molecule has 0 aliphatic heterocycles. The van der Waals surface area contributed by atoms with Gasteiger partial charge in [0.15, 0.2) is 11.0 Å². The van der Waals surface area contributed by atoms with Crippen LogP contribution in [0.2, 0.25) is 0 Å². The van der Waals surface area contributed by atoms with Gasteiger partial charge in [-0.15, -0.1) is 10.2 Å². The van der Waals surface area contributed by atoms with Crippen LogP contribution in [0.4, 0.5) is 0 Å². The van der Waals surface area contributed by atoms with Crippen LogP contribution in [-0.4, -0.2) is 39.6 Å². The molecule has 0 saturated carbocycles. The third-order valence-electron chi connectivity index (χ3n) is 4.73. The van der Waals surface area contributed by atoms with Crippen LogP contribution < -0.4 is 10.1 Å². The van der Waals surface area contributed by atoms with Crippen LogP contribution in [-0.2, 0) is 17.8 Å². The van der Waals surface area contributed by atoms with Gasteiger partial charge in [-0.05, 0) is 51.0 Å². The highest BCUT2D eigenvalue weighted by Gasteiger charge is 2.15. The maximum atomic E-state index is 12.4. The Morgan fingerprint density at radius 1 is 1.20 bits per heavy atom. The topological polar surface area (TPSA) is 69.0 Å². The number of ether oxygens (including phenoxy) is 1. The number of rotatable bonds is 9. The molecule has 1 N–H and O–H groups in total. The second-order valence-electron chi connectivity index (χ2n) is 7.23. The lowest BCUT2D eigenvalue weighted by Crippen LogP contribution is -2.35. The Bertz CT molecular complexity index is 1000. The van der Waals surface area contributed by atoms with Crippen molar-refractivity contribution < 1.29 is 9.53 Å². The van der Waals surface area contributed by atoms with Gasteiger partial charge in [0.1, 0.15) is 5.75 Å². The van der Waals surface area contributed by atoms with E-state index in [1.807, 2.05) is 47.9 Å². The number of aromatic nitrogens is 3. The number of methoxy groups -OCH3 is 1. The van der Waals surface area contributed by atoms with Gasteiger partial charge in [0.25, 0.3) is 0 Å². The quantitative estimate of drug-likeness (QED) is 0.523. The first-order valence-electron chi connectivity index (χ1n) is 10.1. The Kier molecular flexibility index (Phi) is 7.52. The van der Waals surface area contributed by atoms with Crippen molar-refractivity contribution in [1.82, 2.24) is 20.1 Å². The van der Waals surface area contributed by atoms with Crippen LogP contribution in [0, 0.1) is 6.92 Å². The van der Waals surface area contributed by atoms with Gasteiger partial charge in [0, 0.05) is 18.2 Å². The average Bonchev–Trinajstić information content (AvgIpc) is 3.15. The minimum absolute atomic E-state index is 0.0156.